The molecule has 0 radical (unpaired) electrons. The Morgan fingerprint density at radius 3 is 2.77 bits per heavy atom. The van der Waals surface area contributed by atoms with E-state index in [0.29, 0.717) is 24.2 Å². The van der Waals surface area contributed by atoms with Crippen molar-refractivity contribution in [2.75, 3.05) is 18.4 Å². The lowest BCUT2D eigenvalue weighted by atomic mass is 10.2. The van der Waals surface area contributed by atoms with Crippen LogP contribution < -0.4 is 10.6 Å². The first-order valence-electron chi connectivity index (χ1n) is 8.31. The van der Waals surface area contributed by atoms with E-state index in [1.54, 1.807) is 24.3 Å². The summed E-state index contributed by atoms with van der Waals surface area (Å²) in [5, 5.41) is 14.3. The van der Waals surface area contributed by atoms with Gasteiger partial charge in [0.2, 0.25) is 0 Å². The monoisotopic (exact) mass is 352 g/mol. The third kappa shape index (κ3) is 4.18. The maximum absolute atomic E-state index is 12.3. The van der Waals surface area contributed by atoms with Crippen molar-refractivity contribution in [3.63, 3.8) is 0 Å². The molecule has 3 rings (SSSR count). The Balaban J connectivity index is 1.57. The summed E-state index contributed by atoms with van der Waals surface area (Å²) in [6, 6.07) is 12.7. The summed E-state index contributed by atoms with van der Waals surface area (Å²) >= 11 is 0. The molecule has 4 N–H and O–H groups in total. The van der Waals surface area contributed by atoms with Crippen LogP contribution in [-0.4, -0.2) is 40.0 Å². The van der Waals surface area contributed by atoms with E-state index in [1.807, 2.05) is 25.1 Å². The number of imidazole rings is 1. The molecule has 2 aromatic carbocycles. The number of amides is 1. The van der Waals surface area contributed by atoms with Gasteiger partial charge in [-0.2, -0.15) is 0 Å². The fraction of sp³-hybridized carbons (Fsp3) is 0.211. The number of aliphatic carboxylic acids is 1. The Morgan fingerprint density at radius 1 is 1.19 bits per heavy atom. The van der Waals surface area contributed by atoms with Crippen LogP contribution in [0.1, 0.15) is 21.7 Å². The number of aromatic nitrogens is 2. The third-order valence-electron chi connectivity index (χ3n) is 3.98. The Labute approximate surface area is 150 Å². The van der Waals surface area contributed by atoms with E-state index in [4.69, 9.17) is 5.11 Å². The van der Waals surface area contributed by atoms with Crippen molar-refractivity contribution in [2.45, 2.75) is 13.3 Å². The van der Waals surface area contributed by atoms with Gasteiger partial charge in [0.1, 0.15) is 12.4 Å². The van der Waals surface area contributed by atoms with Crippen LogP contribution in [0, 0.1) is 6.92 Å². The van der Waals surface area contributed by atoms with Crippen LogP contribution in [0.3, 0.4) is 0 Å². The molecular weight excluding hydrogens is 332 g/mol. The lowest BCUT2D eigenvalue weighted by molar-refractivity contribution is -0.134. The van der Waals surface area contributed by atoms with Crippen LogP contribution in [0.4, 0.5) is 5.69 Å². The molecule has 0 fully saturated rings. The first-order valence-corrected chi connectivity index (χ1v) is 8.31. The maximum atomic E-state index is 12.3. The van der Waals surface area contributed by atoms with Gasteiger partial charge in [-0.25, -0.2) is 4.98 Å². The second-order valence-corrected chi connectivity index (χ2v) is 5.99. The highest BCUT2D eigenvalue weighted by Gasteiger charge is 2.08. The van der Waals surface area contributed by atoms with Crippen LogP contribution >= 0.6 is 0 Å². The molecule has 0 aliphatic heterocycles. The highest BCUT2D eigenvalue weighted by molar-refractivity contribution is 5.95. The van der Waals surface area contributed by atoms with E-state index in [9.17, 15) is 9.59 Å². The number of carboxylic acid groups (broad SMARTS) is 1. The third-order valence-corrected chi connectivity index (χ3v) is 3.98. The van der Waals surface area contributed by atoms with E-state index >= 15 is 0 Å². The minimum atomic E-state index is -0.957. The standard InChI is InChI=1S/C19H20N4O3/c1-12-4-2-7-15-18(12)23-16(22-15)8-9-20-19(26)13-5-3-6-14(10-13)21-11-17(24)25/h2-7,10,21H,8-9,11H2,1H3,(H,20,26)(H,22,23)(H,24,25). The predicted molar refractivity (Wildman–Crippen MR) is 99.4 cm³/mol. The van der Waals surface area contributed by atoms with E-state index in [0.717, 1.165) is 22.4 Å². The zero-order valence-electron chi connectivity index (χ0n) is 14.4. The molecule has 26 heavy (non-hydrogen) atoms. The summed E-state index contributed by atoms with van der Waals surface area (Å²) in [7, 11) is 0. The molecule has 0 spiro atoms. The van der Waals surface area contributed by atoms with Crippen molar-refractivity contribution >= 4 is 28.6 Å². The zero-order valence-corrected chi connectivity index (χ0v) is 14.4. The van der Waals surface area contributed by atoms with Crippen molar-refractivity contribution in [2.24, 2.45) is 0 Å². The summed E-state index contributed by atoms with van der Waals surface area (Å²) in [5.41, 5.74) is 4.11. The second-order valence-electron chi connectivity index (χ2n) is 5.99. The molecule has 0 atom stereocenters. The van der Waals surface area contributed by atoms with Gasteiger partial charge in [-0.05, 0) is 36.8 Å². The molecule has 0 saturated heterocycles. The summed E-state index contributed by atoms with van der Waals surface area (Å²) < 4.78 is 0. The average molecular weight is 352 g/mol. The number of aromatic amines is 1. The van der Waals surface area contributed by atoms with Crippen LogP contribution in [0.2, 0.25) is 0 Å². The van der Waals surface area contributed by atoms with Gasteiger partial charge >= 0.3 is 5.97 Å². The number of fused-ring (bicyclic) bond motifs is 1. The second kappa shape index (κ2) is 7.69. The number of nitrogens with zero attached hydrogens (tertiary/aromatic N) is 1. The van der Waals surface area contributed by atoms with Crippen LogP contribution in [0.15, 0.2) is 42.5 Å². The quantitative estimate of drug-likeness (QED) is 0.522. The van der Waals surface area contributed by atoms with Crippen molar-refractivity contribution < 1.29 is 14.7 Å². The van der Waals surface area contributed by atoms with E-state index in [1.165, 1.54) is 0 Å². The topological polar surface area (TPSA) is 107 Å². The highest BCUT2D eigenvalue weighted by Crippen LogP contribution is 2.15. The van der Waals surface area contributed by atoms with Crippen molar-refractivity contribution in [3.05, 3.63) is 59.4 Å². The molecule has 0 unspecified atom stereocenters. The largest absolute Gasteiger partial charge is 0.480 e. The van der Waals surface area contributed by atoms with E-state index in [-0.39, 0.29) is 12.5 Å². The number of hydrogen-bond donors (Lipinski definition) is 4. The minimum Gasteiger partial charge on any atom is -0.480 e. The van der Waals surface area contributed by atoms with Gasteiger partial charge < -0.3 is 20.7 Å². The molecule has 3 aromatic rings. The molecule has 0 saturated carbocycles. The molecule has 0 bridgehead atoms. The van der Waals surface area contributed by atoms with Gasteiger partial charge in [0, 0.05) is 24.2 Å². The number of carboxylic acids is 1. The molecule has 1 amide bonds. The van der Waals surface area contributed by atoms with Gasteiger partial charge in [-0.3, -0.25) is 9.59 Å². The number of carbonyl (C=O) groups excluding carboxylic acids is 1. The maximum Gasteiger partial charge on any atom is 0.322 e. The Bertz CT molecular complexity index is 949. The number of para-hydroxylation sites is 1. The molecule has 1 aromatic heterocycles. The Hall–Kier alpha value is -3.35. The van der Waals surface area contributed by atoms with E-state index < -0.39 is 5.97 Å². The van der Waals surface area contributed by atoms with Gasteiger partial charge in [0.25, 0.3) is 5.91 Å². The van der Waals surface area contributed by atoms with Gasteiger partial charge in [0.05, 0.1) is 11.0 Å². The Morgan fingerprint density at radius 2 is 2.00 bits per heavy atom. The number of aryl methyl sites for hydroxylation is 1. The molecule has 0 aliphatic rings. The van der Waals surface area contributed by atoms with Gasteiger partial charge in [0.15, 0.2) is 0 Å². The lowest BCUT2D eigenvalue weighted by Gasteiger charge is -2.07. The van der Waals surface area contributed by atoms with E-state index in [2.05, 4.69) is 20.6 Å². The SMILES string of the molecule is Cc1cccc2[nH]c(CCNC(=O)c3cccc(NCC(=O)O)c3)nc12. The number of hydrogen-bond acceptors (Lipinski definition) is 4. The molecule has 0 aliphatic carbocycles. The number of nitrogens with one attached hydrogen (secondary N) is 3. The highest BCUT2D eigenvalue weighted by atomic mass is 16.4. The predicted octanol–water partition coefficient (Wildman–Crippen LogP) is 2.34. The van der Waals surface area contributed by atoms with Crippen LogP contribution in [0.25, 0.3) is 11.0 Å². The van der Waals surface area contributed by atoms with Crippen molar-refractivity contribution in [1.82, 2.24) is 15.3 Å². The van der Waals surface area contributed by atoms with Crippen molar-refractivity contribution in [3.8, 4) is 0 Å². The number of H-pyrrole nitrogens is 1. The Kier molecular flexibility index (Phi) is 5.17. The summed E-state index contributed by atoms with van der Waals surface area (Å²) in [4.78, 5) is 30.7. The average Bonchev–Trinajstić information content (AvgIpc) is 3.04. The molecule has 7 heteroatoms. The van der Waals surface area contributed by atoms with Crippen LogP contribution in [0.5, 0.6) is 0 Å². The van der Waals surface area contributed by atoms with Gasteiger partial charge in [-0.15, -0.1) is 0 Å². The zero-order chi connectivity index (χ0) is 18.5. The molecule has 134 valence electrons. The smallest absolute Gasteiger partial charge is 0.322 e. The fourth-order valence-corrected chi connectivity index (χ4v) is 2.69. The first kappa shape index (κ1) is 17.5. The lowest BCUT2D eigenvalue weighted by Crippen LogP contribution is -2.26. The fourth-order valence-electron chi connectivity index (χ4n) is 2.69. The number of rotatable bonds is 7. The number of carbonyl (C=O) groups is 2. The minimum absolute atomic E-state index is 0.198. The summed E-state index contributed by atoms with van der Waals surface area (Å²) in [6.45, 7) is 2.27. The molecule has 1 heterocycles. The van der Waals surface area contributed by atoms with Gasteiger partial charge in [-0.1, -0.05) is 18.2 Å². The molecular formula is C19H20N4O3. The number of benzene rings is 2. The number of anilines is 1. The normalized spacial score (nSPS) is 10.7. The van der Waals surface area contributed by atoms with Crippen LogP contribution in [-0.2, 0) is 11.2 Å². The van der Waals surface area contributed by atoms with Crippen molar-refractivity contribution in [1.29, 1.82) is 0 Å². The molecule has 7 nitrogen and oxygen atoms in total. The first-order chi connectivity index (χ1) is 12.5. The summed E-state index contributed by atoms with van der Waals surface area (Å²) in [6.07, 6.45) is 0.594. The summed E-state index contributed by atoms with van der Waals surface area (Å²) in [5.74, 6) is -0.344.